The summed E-state index contributed by atoms with van der Waals surface area (Å²) in [5.41, 5.74) is 0.132. The van der Waals surface area contributed by atoms with Crippen molar-refractivity contribution in [3.05, 3.63) is 18.2 Å². The molecule has 1 rings (SSSR count). The zero-order valence-electron chi connectivity index (χ0n) is 8.62. The van der Waals surface area contributed by atoms with Gasteiger partial charge in [-0.15, -0.1) is 0 Å². The van der Waals surface area contributed by atoms with Gasteiger partial charge in [-0.05, 0) is 0 Å². The maximum atomic E-state index is 11.4. The van der Waals surface area contributed by atoms with Gasteiger partial charge in [-0.3, -0.25) is 19.9 Å². The number of rotatable bonds is 5. The Morgan fingerprint density at radius 1 is 1.75 bits per heavy atom. The number of aromatic amines is 1. The minimum atomic E-state index is -3.19. The van der Waals surface area contributed by atoms with E-state index in [2.05, 4.69) is 15.3 Å². The van der Waals surface area contributed by atoms with E-state index in [0.717, 1.165) is 0 Å². The molecule has 0 radical (unpaired) electrons. The third-order valence-corrected chi connectivity index (χ3v) is 2.44. The maximum absolute atomic E-state index is 11.4. The molecule has 0 aliphatic rings. The average molecular weight is 248 g/mol. The van der Waals surface area contributed by atoms with E-state index in [-0.39, 0.29) is 18.6 Å². The minimum absolute atomic E-state index is 0.132. The molecule has 0 aliphatic carbocycles. The Bertz CT molecular complexity index is 387. The largest absolute Gasteiger partial charge is 0.344 e. The fourth-order valence-corrected chi connectivity index (χ4v) is 1.46. The van der Waals surface area contributed by atoms with Gasteiger partial charge in [0, 0.05) is 6.66 Å². The lowest BCUT2D eigenvalue weighted by Crippen LogP contribution is -2.36. The van der Waals surface area contributed by atoms with Crippen molar-refractivity contribution in [2.45, 2.75) is 0 Å². The second-order valence-electron chi connectivity index (χ2n) is 3.29. The van der Waals surface area contributed by atoms with E-state index in [1.165, 1.54) is 19.2 Å². The van der Waals surface area contributed by atoms with E-state index in [1.807, 2.05) is 0 Å². The Morgan fingerprint density at radius 3 is 2.94 bits per heavy atom. The van der Waals surface area contributed by atoms with Crippen LogP contribution in [0.3, 0.4) is 0 Å². The molecule has 1 aromatic heterocycles. The first-order valence-electron chi connectivity index (χ1n) is 4.39. The highest BCUT2D eigenvalue weighted by Crippen LogP contribution is 2.32. The van der Waals surface area contributed by atoms with Crippen LogP contribution in [0.25, 0.3) is 0 Å². The van der Waals surface area contributed by atoms with E-state index in [1.54, 1.807) is 0 Å². The number of imidazole rings is 1. The molecule has 9 heteroatoms. The van der Waals surface area contributed by atoms with Crippen LogP contribution in [0.15, 0.2) is 12.5 Å². The zero-order chi connectivity index (χ0) is 12.2. The standard InChI is InChI=1S/C7H13N4O4P/c1-16(14,15)5-9-4-11(13)7(12)6-2-8-3-10-6/h2-3,9,13H,4-5H2,1H3,(H,8,10)(H,14,15). The number of aromatic nitrogens is 2. The van der Waals surface area contributed by atoms with Crippen molar-refractivity contribution < 1.29 is 19.5 Å². The van der Waals surface area contributed by atoms with E-state index in [9.17, 15) is 14.6 Å². The summed E-state index contributed by atoms with van der Waals surface area (Å²) >= 11 is 0. The molecule has 0 saturated heterocycles. The molecule has 8 nitrogen and oxygen atoms in total. The van der Waals surface area contributed by atoms with Crippen LogP contribution in [0.1, 0.15) is 10.5 Å². The Labute approximate surface area is 91.7 Å². The number of carbonyl (C=O) groups excluding carboxylic acids is 1. The Balaban J connectivity index is 2.39. The second kappa shape index (κ2) is 5.22. The number of amides is 1. The van der Waals surface area contributed by atoms with Crippen LogP contribution in [0, 0.1) is 0 Å². The summed E-state index contributed by atoms with van der Waals surface area (Å²) in [6, 6.07) is 0. The molecule has 0 fully saturated rings. The maximum Gasteiger partial charge on any atom is 0.296 e. The molecule has 1 amide bonds. The summed E-state index contributed by atoms with van der Waals surface area (Å²) in [7, 11) is -3.19. The molecule has 1 heterocycles. The highest BCUT2D eigenvalue weighted by Gasteiger charge is 2.15. The smallest absolute Gasteiger partial charge is 0.296 e. The molecule has 1 atom stereocenters. The highest BCUT2D eigenvalue weighted by molar-refractivity contribution is 7.57. The van der Waals surface area contributed by atoms with Gasteiger partial charge in [0.15, 0.2) is 0 Å². The third kappa shape index (κ3) is 4.11. The van der Waals surface area contributed by atoms with E-state index >= 15 is 0 Å². The molecule has 4 N–H and O–H groups in total. The van der Waals surface area contributed by atoms with E-state index in [0.29, 0.717) is 5.06 Å². The van der Waals surface area contributed by atoms with Gasteiger partial charge in [0.25, 0.3) is 5.91 Å². The molecule has 90 valence electrons. The van der Waals surface area contributed by atoms with Crippen molar-refractivity contribution in [2.75, 3.05) is 19.6 Å². The number of carbonyl (C=O) groups is 1. The van der Waals surface area contributed by atoms with Crippen LogP contribution in [0.5, 0.6) is 0 Å². The first-order chi connectivity index (χ1) is 7.40. The molecule has 0 spiro atoms. The lowest BCUT2D eigenvalue weighted by molar-refractivity contribution is -0.0626. The van der Waals surface area contributed by atoms with Gasteiger partial charge in [0.1, 0.15) is 5.69 Å². The number of hydrogen-bond acceptors (Lipinski definition) is 5. The number of H-pyrrole nitrogens is 1. The number of nitrogens with zero attached hydrogens (tertiary/aromatic N) is 2. The molecule has 1 aromatic rings. The van der Waals surface area contributed by atoms with Gasteiger partial charge in [-0.25, -0.2) is 10.0 Å². The quantitative estimate of drug-likeness (QED) is 0.245. The predicted molar refractivity (Wildman–Crippen MR) is 55.2 cm³/mol. The molecular weight excluding hydrogens is 235 g/mol. The van der Waals surface area contributed by atoms with Crippen LogP contribution in [-0.2, 0) is 4.57 Å². The molecule has 0 saturated carbocycles. The summed E-state index contributed by atoms with van der Waals surface area (Å²) in [4.78, 5) is 26.5. The van der Waals surface area contributed by atoms with Gasteiger partial charge in [0.2, 0.25) is 7.37 Å². The monoisotopic (exact) mass is 248 g/mol. The van der Waals surface area contributed by atoms with Crippen molar-refractivity contribution in [3.8, 4) is 0 Å². The number of nitrogens with one attached hydrogen (secondary N) is 2. The summed E-state index contributed by atoms with van der Waals surface area (Å²) in [6.45, 7) is 0.939. The van der Waals surface area contributed by atoms with Crippen molar-refractivity contribution in [3.63, 3.8) is 0 Å². The zero-order valence-corrected chi connectivity index (χ0v) is 9.52. The second-order valence-corrected chi connectivity index (χ2v) is 5.71. The van der Waals surface area contributed by atoms with Gasteiger partial charge in [-0.1, -0.05) is 0 Å². The lowest BCUT2D eigenvalue weighted by atomic mass is 10.4. The van der Waals surface area contributed by atoms with Crippen LogP contribution >= 0.6 is 7.37 Å². The SMILES string of the molecule is CP(=O)(O)CNCN(O)C(=O)c1cnc[nH]1. The van der Waals surface area contributed by atoms with Crippen LogP contribution < -0.4 is 5.32 Å². The summed E-state index contributed by atoms with van der Waals surface area (Å²) in [5, 5.41) is 12.2. The summed E-state index contributed by atoms with van der Waals surface area (Å²) < 4.78 is 10.9. The first-order valence-corrected chi connectivity index (χ1v) is 6.68. The lowest BCUT2D eigenvalue weighted by Gasteiger charge is -2.15. The normalized spacial score (nSPS) is 14.4. The van der Waals surface area contributed by atoms with Crippen LogP contribution in [-0.4, -0.2) is 50.7 Å². The Kier molecular flexibility index (Phi) is 4.19. The molecule has 0 aliphatic heterocycles. The van der Waals surface area contributed by atoms with Gasteiger partial charge >= 0.3 is 0 Å². The first kappa shape index (κ1) is 12.9. The van der Waals surface area contributed by atoms with Gasteiger partial charge in [0.05, 0.1) is 25.5 Å². The van der Waals surface area contributed by atoms with Crippen molar-refractivity contribution >= 4 is 13.3 Å². The fourth-order valence-electron chi connectivity index (χ4n) is 0.947. The molecular formula is C7H13N4O4P. The average Bonchev–Trinajstić information content (AvgIpc) is 2.67. The minimum Gasteiger partial charge on any atom is -0.344 e. The molecule has 0 bridgehead atoms. The fraction of sp³-hybridized carbons (Fsp3) is 0.429. The van der Waals surface area contributed by atoms with Crippen molar-refractivity contribution in [1.82, 2.24) is 20.3 Å². The summed E-state index contributed by atoms with van der Waals surface area (Å²) in [5.74, 6) is -0.672. The number of hydroxylamine groups is 2. The van der Waals surface area contributed by atoms with Gasteiger partial charge < -0.3 is 9.88 Å². The van der Waals surface area contributed by atoms with Gasteiger partial charge in [-0.2, -0.15) is 0 Å². The Hall–Kier alpha value is -1.21. The third-order valence-electron chi connectivity index (χ3n) is 1.63. The highest BCUT2D eigenvalue weighted by atomic mass is 31.2. The molecule has 1 unspecified atom stereocenters. The number of hydrogen-bond donors (Lipinski definition) is 4. The molecule has 0 aromatic carbocycles. The predicted octanol–water partition coefficient (Wildman–Crippen LogP) is -0.354. The van der Waals surface area contributed by atoms with Crippen molar-refractivity contribution in [2.24, 2.45) is 0 Å². The van der Waals surface area contributed by atoms with E-state index in [4.69, 9.17) is 4.89 Å². The summed E-state index contributed by atoms with van der Waals surface area (Å²) in [6.07, 6.45) is 2.39. The molecule has 16 heavy (non-hydrogen) atoms. The van der Waals surface area contributed by atoms with Crippen LogP contribution in [0.2, 0.25) is 0 Å². The van der Waals surface area contributed by atoms with Crippen LogP contribution in [0.4, 0.5) is 0 Å². The Morgan fingerprint density at radius 2 is 2.44 bits per heavy atom. The van der Waals surface area contributed by atoms with Crippen molar-refractivity contribution in [1.29, 1.82) is 0 Å². The van der Waals surface area contributed by atoms with E-state index < -0.39 is 13.3 Å². The topological polar surface area (TPSA) is 119 Å².